The number of hydrogen-bond acceptors (Lipinski definition) is 3. The van der Waals surface area contributed by atoms with Crippen LogP contribution in [0.1, 0.15) is 45.1 Å². The molecule has 1 aromatic rings. The van der Waals surface area contributed by atoms with Crippen molar-refractivity contribution in [3.63, 3.8) is 0 Å². The second kappa shape index (κ2) is 5.94. The zero-order valence-electron chi connectivity index (χ0n) is 12.2. The standard InChI is InChI=1S/C16H23NO3/c1-3-4-7-10-17-14-9-6-5-8-13(14)16(20,15(17)19)11-12(2)18/h5-6,8-9,12,18,20H,3-4,7,10-11H2,1-2H3/t12-,16-/m0/s1. The van der Waals surface area contributed by atoms with E-state index in [9.17, 15) is 15.0 Å². The lowest BCUT2D eigenvalue weighted by Crippen LogP contribution is -2.42. The van der Waals surface area contributed by atoms with Gasteiger partial charge in [0, 0.05) is 18.5 Å². The Morgan fingerprint density at radius 2 is 2.00 bits per heavy atom. The predicted octanol–water partition coefficient (Wildman–Crippen LogP) is 2.18. The van der Waals surface area contributed by atoms with E-state index in [1.807, 2.05) is 18.2 Å². The number of carbonyl (C=O) groups is 1. The summed E-state index contributed by atoms with van der Waals surface area (Å²) in [5, 5.41) is 20.3. The lowest BCUT2D eigenvalue weighted by atomic mass is 9.90. The molecule has 1 aliphatic rings. The van der Waals surface area contributed by atoms with Crippen LogP contribution in [-0.2, 0) is 10.4 Å². The normalized spacial score (nSPS) is 23.0. The Bertz CT molecular complexity index is 486. The maximum absolute atomic E-state index is 12.6. The van der Waals surface area contributed by atoms with Gasteiger partial charge in [0.2, 0.25) is 0 Å². The van der Waals surface area contributed by atoms with Crippen LogP contribution in [-0.4, -0.2) is 28.8 Å². The van der Waals surface area contributed by atoms with E-state index in [-0.39, 0.29) is 12.3 Å². The van der Waals surface area contributed by atoms with E-state index >= 15 is 0 Å². The molecule has 20 heavy (non-hydrogen) atoms. The van der Waals surface area contributed by atoms with E-state index in [4.69, 9.17) is 0 Å². The van der Waals surface area contributed by atoms with Gasteiger partial charge in [0.1, 0.15) is 0 Å². The molecule has 2 rings (SSSR count). The quantitative estimate of drug-likeness (QED) is 0.784. The minimum absolute atomic E-state index is 0.0348. The third kappa shape index (κ3) is 2.58. The maximum atomic E-state index is 12.6. The summed E-state index contributed by atoms with van der Waals surface area (Å²) in [5.41, 5.74) is -0.198. The van der Waals surface area contributed by atoms with Crippen molar-refractivity contribution in [1.29, 1.82) is 0 Å². The van der Waals surface area contributed by atoms with Crippen molar-refractivity contribution >= 4 is 11.6 Å². The number of fused-ring (bicyclic) bond motifs is 1. The van der Waals surface area contributed by atoms with Crippen LogP contribution in [0.5, 0.6) is 0 Å². The maximum Gasteiger partial charge on any atom is 0.263 e. The first-order valence-corrected chi connectivity index (χ1v) is 7.32. The van der Waals surface area contributed by atoms with Crippen molar-refractivity contribution in [3.05, 3.63) is 29.8 Å². The highest BCUT2D eigenvalue weighted by atomic mass is 16.3. The van der Waals surface area contributed by atoms with Gasteiger partial charge in [-0.05, 0) is 19.4 Å². The Labute approximate surface area is 120 Å². The Hall–Kier alpha value is -1.39. The fourth-order valence-electron chi connectivity index (χ4n) is 2.87. The molecule has 0 unspecified atom stereocenters. The van der Waals surface area contributed by atoms with E-state index in [2.05, 4.69) is 6.92 Å². The van der Waals surface area contributed by atoms with Crippen molar-refractivity contribution in [2.75, 3.05) is 11.4 Å². The molecule has 0 aliphatic carbocycles. The molecule has 1 amide bonds. The van der Waals surface area contributed by atoms with Gasteiger partial charge in [-0.25, -0.2) is 0 Å². The van der Waals surface area contributed by atoms with Crippen LogP contribution in [0.4, 0.5) is 5.69 Å². The third-order valence-electron chi connectivity index (χ3n) is 3.82. The number of anilines is 1. The van der Waals surface area contributed by atoms with Crippen molar-refractivity contribution in [1.82, 2.24) is 0 Å². The molecule has 0 spiro atoms. The van der Waals surface area contributed by atoms with Gasteiger partial charge in [-0.2, -0.15) is 0 Å². The number of benzene rings is 1. The summed E-state index contributed by atoms with van der Waals surface area (Å²) in [6.45, 7) is 4.32. The number of hydrogen-bond donors (Lipinski definition) is 2. The number of aliphatic hydroxyl groups is 2. The van der Waals surface area contributed by atoms with Gasteiger partial charge in [-0.3, -0.25) is 4.79 Å². The Morgan fingerprint density at radius 3 is 2.65 bits per heavy atom. The average molecular weight is 277 g/mol. The Morgan fingerprint density at radius 1 is 1.30 bits per heavy atom. The molecule has 0 radical (unpaired) electrons. The summed E-state index contributed by atoms with van der Waals surface area (Å²) in [7, 11) is 0. The summed E-state index contributed by atoms with van der Waals surface area (Å²) in [4.78, 5) is 14.2. The molecule has 1 heterocycles. The SMILES string of the molecule is CCCCCN1C(=O)[C@](O)(C[C@H](C)O)c2ccccc21. The van der Waals surface area contributed by atoms with E-state index in [1.165, 1.54) is 0 Å². The summed E-state index contributed by atoms with van der Waals surface area (Å²) >= 11 is 0. The molecule has 4 heteroatoms. The third-order valence-corrected chi connectivity index (χ3v) is 3.82. The highest BCUT2D eigenvalue weighted by Crippen LogP contribution is 2.42. The number of unbranched alkanes of at least 4 members (excludes halogenated alkanes) is 2. The van der Waals surface area contributed by atoms with E-state index < -0.39 is 11.7 Å². The molecule has 4 nitrogen and oxygen atoms in total. The minimum Gasteiger partial charge on any atom is -0.393 e. The summed E-state index contributed by atoms with van der Waals surface area (Å²) in [6.07, 6.45) is 2.37. The number of rotatable bonds is 6. The van der Waals surface area contributed by atoms with Crippen LogP contribution in [0.25, 0.3) is 0 Å². The number of para-hydroxylation sites is 1. The monoisotopic (exact) mass is 277 g/mol. The van der Waals surface area contributed by atoms with Gasteiger partial charge >= 0.3 is 0 Å². The van der Waals surface area contributed by atoms with Gasteiger partial charge in [0.05, 0.1) is 11.8 Å². The topological polar surface area (TPSA) is 60.8 Å². The summed E-state index contributed by atoms with van der Waals surface area (Å²) in [5.74, 6) is -0.310. The molecule has 110 valence electrons. The van der Waals surface area contributed by atoms with E-state index in [0.29, 0.717) is 12.1 Å². The number of aliphatic hydroxyl groups excluding tert-OH is 1. The van der Waals surface area contributed by atoms with Crippen LogP contribution in [0.3, 0.4) is 0 Å². The van der Waals surface area contributed by atoms with Crippen LogP contribution >= 0.6 is 0 Å². The van der Waals surface area contributed by atoms with Crippen LogP contribution < -0.4 is 4.90 Å². The average Bonchev–Trinajstić information content (AvgIpc) is 2.61. The molecular weight excluding hydrogens is 254 g/mol. The summed E-state index contributed by atoms with van der Waals surface area (Å²) in [6, 6.07) is 7.32. The molecule has 1 aliphatic heterocycles. The van der Waals surface area contributed by atoms with E-state index in [0.717, 1.165) is 24.9 Å². The Balaban J connectivity index is 2.31. The highest BCUT2D eigenvalue weighted by molar-refractivity contribution is 6.06. The number of nitrogens with zero attached hydrogens (tertiary/aromatic N) is 1. The lowest BCUT2D eigenvalue weighted by Gasteiger charge is -2.24. The fourth-order valence-corrected chi connectivity index (χ4v) is 2.87. The second-order valence-electron chi connectivity index (χ2n) is 5.59. The van der Waals surface area contributed by atoms with Gasteiger partial charge < -0.3 is 15.1 Å². The predicted molar refractivity (Wildman–Crippen MR) is 78.5 cm³/mol. The minimum atomic E-state index is -1.59. The number of amides is 1. The zero-order valence-corrected chi connectivity index (χ0v) is 12.2. The van der Waals surface area contributed by atoms with Crippen LogP contribution in [0, 0.1) is 0 Å². The highest BCUT2D eigenvalue weighted by Gasteiger charge is 2.49. The molecule has 2 N–H and O–H groups in total. The molecule has 0 aromatic heterocycles. The first-order valence-electron chi connectivity index (χ1n) is 7.32. The van der Waals surface area contributed by atoms with Gasteiger partial charge in [0.15, 0.2) is 5.60 Å². The smallest absolute Gasteiger partial charge is 0.263 e. The fraction of sp³-hybridized carbons (Fsp3) is 0.562. The van der Waals surface area contributed by atoms with Crippen molar-refractivity contribution in [2.45, 2.75) is 51.2 Å². The first kappa shape index (κ1) is 15.0. The molecule has 0 saturated heterocycles. The largest absolute Gasteiger partial charge is 0.393 e. The Kier molecular flexibility index (Phi) is 4.45. The van der Waals surface area contributed by atoms with Crippen molar-refractivity contribution in [2.24, 2.45) is 0 Å². The molecule has 0 saturated carbocycles. The molecule has 2 atom stereocenters. The molecule has 0 bridgehead atoms. The van der Waals surface area contributed by atoms with Crippen molar-refractivity contribution < 1.29 is 15.0 Å². The van der Waals surface area contributed by atoms with Gasteiger partial charge in [0.25, 0.3) is 5.91 Å². The lowest BCUT2D eigenvalue weighted by molar-refractivity contribution is -0.139. The van der Waals surface area contributed by atoms with Crippen LogP contribution in [0.15, 0.2) is 24.3 Å². The first-order chi connectivity index (χ1) is 9.50. The zero-order chi connectivity index (χ0) is 14.8. The van der Waals surface area contributed by atoms with Crippen LogP contribution in [0.2, 0.25) is 0 Å². The molecule has 1 aromatic carbocycles. The van der Waals surface area contributed by atoms with Gasteiger partial charge in [-0.1, -0.05) is 38.0 Å². The van der Waals surface area contributed by atoms with E-state index in [1.54, 1.807) is 17.9 Å². The second-order valence-corrected chi connectivity index (χ2v) is 5.59. The molecule has 0 fully saturated rings. The molecular formula is C16H23NO3. The van der Waals surface area contributed by atoms with Crippen molar-refractivity contribution in [3.8, 4) is 0 Å². The summed E-state index contributed by atoms with van der Waals surface area (Å²) < 4.78 is 0. The number of carbonyl (C=O) groups excluding carboxylic acids is 1. The van der Waals surface area contributed by atoms with Gasteiger partial charge in [-0.15, -0.1) is 0 Å².